The molecule has 1 unspecified atom stereocenters. The van der Waals surface area contributed by atoms with Gasteiger partial charge in [0.15, 0.2) is 5.11 Å². The molecular weight excluding hydrogens is 410 g/mol. The Bertz CT molecular complexity index is 882. The predicted molar refractivity (Wildman–Crippen MR) is 110 cm³/mol. The molecule has 0 saturated carbocycles. The second-order valence-corrected chi connectivity index (χ2v) is 7.42. The quantitative estimate of drug-likeness (QED) is 0.470. The summed E-state index contributed by atoms with van der Waals surface area (Å²) in [7, 11) is 0. The maximum absolute atomic E-state index is 14.1. The molecule has 1 aliphatic rings. The lowest BCUT2D eigenvalue weighted by molar-refractivity contribution is -0.137. The lowest BCUT2D eigenvalue weighted by atomic mass is 10.1. The van der Waals surface area contributed by atoms with Crippen molar-refractivity contribution in [1.82, 2.24) is 5.32 Å². The molecule has 3 nitrogen and oxygen atoms in total. The van der Waals surface area contributed by atoms with E-state index in [1.165, 1.54) is 0 Å². The van der Waals surface area contributed by atoms with Crippen molar-refractivity contribution in [1.29, 1.82) is 0 Å². The highest BCUT2D eigenvalue weighted by Crippen LogP contribution is 2.31. The standard InChI is InChI=1S/C19H17F4N3S2/c1-12(16-7-2-13(10-17(16)20)19(21,22)23)24-18(27)25-14-3-5-15(6-4-14)26-8-9-28-11-26/h2-10,12H,11H2,1H3,(H2,24,25,27). The van der Waals surface area contributed by atoms with Crippen molar-refractivity contribution in [2.24, 2.45) is 0 Å². The van der Waals surface area contributed by atoms with Crippen molar-refractivity contribution < 1.29 is 17.6 Å². The number of alkyl halides is 3. The predicted octanol–water partition coefficient (Wildman–Crippen LogP) is 5.87. The molecule has 3 rings (SSSR count). The van der Waals surface area contributed by atoms with Crippen LogP contribution in [0.3, 0.4) is 0 Å². The van der Waals surface area contributed by atoms with E-state index in [9.17, 15) is 17.6 Å². The van der Waals surface area contributed by atoms with Crippen LogP contribution in [0.25, 0.3) is 0 Å². The number of nitrogens with zero attached hydrogens (tertiary/aromatic N) is 1. The Hall–Kier alpha value is -2.26. The first kappa shape index (κ1) is 20.5. The van der Waals surface area contributed by atoms with Crippen LogP contribution in [0, 0.1) is 5.82 Å². The van der Waals surface area contributed by atoms with Crippen LogP contribution in [-0.2, 0) is 6.18 Å². The van der Waals surface area contributed by atoms with Crippen molar-refractivity contribution in [2.45, 2.75) is 19.1 Å². The lowest BCUT2D eigenvalue weighted by Gasteiger charge is -2.19. The highest BCUT2D eigenvalue weighted by molar-refractivity contribution is 8.02. The molecule has 0 aliphatic carbocycles. The van der Waals surface area contributed by atoms with Gasteiger partial charge in [-0.3, -0.25) is 0 Å². The Morgan fingerprint density at radius 3 is 2.46 bits per heavy atom. The first-order valence-corrected chi connectivity index (χ1v) is 9.79. The third-order valence-electron chi connectivity index (χ3n) is 4.15. The van der Waals surface area contributed by atoms with Crippen molar-refractivity contribution in [3.8, 4) is 0 Å². The van der Waals surface area contributed by atoms with Gasteiger partial charge in [-0.2, -0.15) is 13.2 Å². The number of thiocarbonyl (C=S) groups is 1. The minimum Gasteiger partial charge on any atom is -0.356 e. The maximum Gasteiger partial charge on any atom is 0.416 e. The molecule has 0 spiro atoms. The van der Waals surface area contributed by atoms with E-state index in [-0.39, 0.29) is 10.7 Å². The summed E-state index contributed by atoms with van der Waals surface area (Å²) >= 11 is 6.94. The van der Waals surface area contributed by atoms with Gasteiger partial charge in [0.25, 0.3) is 0 Å². The highest BCUT2D eigenvalue weighted by atomic mass is 32.2. The van der Waals surface area contributed by atoms with E-state index in [0.29, 0.717) is 6.07 Å². The normalized spacial score (nSPS) is 14.8. The molecule has 0 bridgehead atoms. The fourth-order valence-corrected chi connectivity index (χ4v) is 3.69. The SMILES string of the molecule is CC(NC(=S)Nc1ccc(N2C=CSC2)cc1)c1ccc(C(F)(F)F)cc1F. The van der Waals surface area contributed by atoms with Crippen molar-refractivity contribution in [2.75, 3.05) is 16.1 Å². The van der Waals surface area contributed by atoms with Gasteiger partial charge in [0, 0.05) is 23.1 Å². The molecular formula is C19H17F4N3S2. The first-order chi connectivity index (χ1) is 13.2. The zero-order chi connectivity index (χ0) is 20.3. The van der Waals surface area contributed by atoms with Crippen LogP contribution in [0.4, 0.5) is 28.9 Å². The Balaban J connectivity index is 1.60. The summed E-state index contributed by atoms with van der Waals surface area (Å²) < 4.78 is 52.1. The van der Waals surface area contributed by atoms with Gasteiger partial charge in [-0.1, -0.05) is 6.07 Å². The molecule has 0 radical (unpaired) electrons. The van der Waals surface area contributed by atoms with Crippen molar-refractivity contribution in [3.05, 3.63) is 71.0 Å². The number of hydrogen-bond donors (Lipinski definition) is 2. The van der Waals surface area contributed by atoms with Crippen LogP contribution in [0.15, 0.2) is 54.1 Å². The summed E-state index contributed by atoms with van der Waals surface area (Å²) in [6.45, 7) is 1.63. The number of nitrogens with one attached hydrogen (secondary N) is 2. The van der Waals surface area contributed by atoms with Crippen molar-refractivity contribution >= 4 is 40.5 Å². The summed E-state index contributed by atoms with van der Waals surface area (Å²) in [5.74, 6) is -0.0679. The van der Waals surface area contributed by atoms with Crippen LogP contribution in [0.1, 0.15) is 24.1 Å². The molecule has 1 aliphatic heterocycles. The number of anilines is 2. The van der Waals surface area contributed by atoms with Gasteiger partial charge in [-0.25, -0.2) is 4.39 Å². The van der Waals surface area contributed by atoms with E-state index in [2.05, 4.69) is 15.5 Å². The molecule has 9 heteroatoms. The van der Waals surface area contributed by atoms with Gasteiger partial charge in [0.1, 0.15) is 5.82 Å². The van der Waals surface area contributed by atoms with Crippen LogP contribution < -0.4 is 15.5 Å². The van der Waals surface area contributed by atoms with E-state index < -0.39 is 23.6 Å². The zero-order valence-electron chi connectivity index (χ0n) is 14.8. The minimum absolute atomic E-state index is 0.103. The summed E-state index contributed by atoms with van der Waals surface area (Å²) in [6, 6.07) is 9.49. The Kier molecular flexibility index (Phi) is 6.14. The molecule has 2 aromatic carbocycles. The second-order valence-electron chi connectivity index (χ2n) is 6.15. The van der Waals surface area contributed by atoms with Gasteiger partial charge in [0.05, 0.1) is 17.5 Å². The number of benzene rings is 2. The minimum atomic E-state index is -4.58. The van der Waals surface area contributed by atoms with Crippen LogP contribution >= 0.6 is 24.0 Å². The molecule has 1 atom stereocenters. The van der Waals surface area contributed by atoms with Gasteiger partial charge in [0.2, 0.25) is 0 Å². The van der Waals surface area contributed by atoms with E-state index in [4.69, 9.17) is 12.2 Å². The number of thioether (sulfide) groups is 1. The zero-order valence-corrected chi connectivity index (χ0v) is 16.4. The van der Waals surface area contributed by atoms with Crippen LogP contribution in [0.5, 0.6) is 0 Å². The van der Waals surface area contributed by atoms with E-state index in [0.717, 1.165) is 29.4 Å². The van der Waals surface area contributed by atoms with Gasteiger partial charge < -0.3 is 15.5 Å². The van der Waals surface area contributed by atoms with Crippen LogP contribution in [0.2, 0.25) is 0 Å². The largest absolute Gasteiger partial charge is 0.416 e. The lowest BCUT2D eigenvalue weighted by Crippen LogP contribution is -2.31. The maximum atomic E-state index is 14.1. The third kappa shape index (κ3) is 4.96. The Labute approximate surface area is 169 Å². The van der Waals surface area contributed by atoms with E-state index >= 15 is 0 Å². The molecule has 2 N–H and O–H groups in total. The average Bonchev–Trinajstić information content (AvgIpc) is 3.16. The molecule has 148 valence electrons. The number of halogens is 4. The van der Waals surface area contributed by atoms with Crippen molar-refractivity contribution in [3.63, 3.8) is 0 Å². The summed E-state index contributed by atoms with van der Waals surface area (Å²) in [5, 5.41) is 8.15. The highest BCUT2D eigenvalue weighted by Gasteiger charge is 2.31. The van der Waals surface area contributed by atoms with Gasteiger partial charge in [-0.15, -0.1) is 11.8 Å². The Morgan fingerprint density at radius 2 is 1.89 bits per heavy atom. The topological polar surface area (TPSA) is 27.3 Å². The molecule has 0 fully saturated rings. The van der Waals surface area contributed by atoms with Crippen LogP contribution in [-0.4, -0.2) is 11.0 Å². The number of hydrogen-bond acceptors (Lipinski definition) is 3. The third-order valence-corrected chi connectivity index (χ3v) is 5.11. The molecule has 0 amide bonds. The average molecular weight is 427 g/mol. The monoisotopic (exact) mass is 427 g/mol. The molecule has 2 aromatic rings. The molecule has 28 heavy (non-hydrogen) atoms. The summed E-state index contributed by atoms with van der Waals surface area (Å²) in [5.41, 5.74) is 0.877. The van der Waals surface area contributed by atoms with Gasteiger partial charge >= 0.3 is 6.18 Å². The fourth-order valence-electron chi connectivity index (χ4n) is 2.68. The summed E-state index contributed by atoms with van der Waals surface area (Å²) in [4.78, 5) is 2.10. The summed E-state index contributed by atoms with van der Waals surface area (Å²) in [6.07, 6.45) is -2.58. The number of rotatable bonds is 4. The molecule has 1 heterocycles. The molecule has 0 aromatic heterocycles. The van der Waals surface area contributed by atoms with Gasteiger partial charge in [-0.05, 0) is 60.9 Å². The van der Waals surface area contributed by atoms with E-state index in [1.807, 2.05) is 35.9 Å². The fraction of sp³-hybridized carbons (Fsp3) is 0.211. The van der Waals surface area contributed by atoms with E-state index in [1.54, 1.807) is 18.7 Å². The first-order valence-electron chi connectivity index (χ1n) is 8.33. The molecule has 0 saturated heterocycles. The second kappa shape index (κ2) is 8.40. The smallest absolute Gasteiger partial charge is 0.356 e. The Morgan fingerprint density at radius 1 is 1.18 bits per heavy atom.